The molecule has 3 rings (SSSR count). The van der Waals surface area contributed by atoms with Gasteiger partial charge in [-0.15, -0.1) is 0 Å². The van der Waals surface area contributed by atoms with Gasteiger partial charge in [0.25, 0.3) is 0 Å². The summed E-state index contributed by atoms with van der Waals surface area (Å²) in [6.07, 6.45) is -0.848. The number of rotatable bonds is 4. The molecule has 0 radical (unpaired) electrons. The number of fused-ring (bicyclic) bond motifs is 1. The average molecular weight is 277 g/mol. The fourth-order valence-corrected chi connectivity index (χ4v) is 2.31. The highest BCUT2D eigenvalue weighted by atomic mass is 16.3. The monoisotopic (exact) mass is 277 g/mol. The summed E-state index contributed by atoms with van der Waals surface area (Å²) in [7, 11) is 0. The molecule has 2 aromatic carbocycles. The second kappa shape index (κ2) is 5.85. The van der Waals surface area contributed by atoms with Crippen molar-refractivity contribution < 1.29 is 9.90 Å². The van der Waals surface area contributed by atoms with Gasteiger partial charge in [-0.05, 0) is 12.1 Å². The molecule has 0 spiro atoms. The molecule has 3 nitrogen and oxygen atoms in total. The van der Waals surface area contributed by atoms with Crippen LogP contribution in [0.25, 0.3) is 10.9 Å². The maximum atomic E-state index is 12.1. The number of nitrogens with zero attached hydrogens (tertiary/aromatic N) is 1. The van der Waals surface area contributed by atoms with Crippen LogP contribution in [0.3, 0.4) is 0 Å². The van der Waals surface area contributed by atoms with Crippen LogP contribution in [0.2, 0.25) is 0 Å². The highest BCUT2D eigenvalue weighted by Crippen LogP contribution is 2.14. The molecule has 1 aromatic heterocycles. The SMILES string of the molecule is O=C(c1ccccc1)C(O)Cc1ccc2ccccc2n1. The van der Waals surface area contributed by atoms with Gasteiger partial charge in [0.15, 0.2) is 5.78 Å². The van der Waals surface area contributed by atoms with E-state index in [4.69, 9.17) is 0 Å². The third kappa shape index (κ3) is 2.98. The van der Waals surface area contributed by atoms with Crippen LogP contribution in [-0.4, -0.2) is 22.0 Å². The van der Waals surface area contributed by atoms with Crippen molar-refractivity contribution in [1.82, 2.24) is 4.98 Å². The van der Waals surface area contributed by atoms with Crippen molar-refractivity contribution in [3.05, 3.63) is 78.0 Å². The minimum absolute atomic E-state index is 0.221. The topological polar surface area (TPSA) is 50.2 Å². The first-order valence-corrected chi connectivity index (χ1v) is 6.86. The second-order valence-electron chi connectivity index (χ2n) is 4.95. The Kier molecular flexibility index (Phi) is 3.75. The van der Waals surface area contributed by atoms with E-state index in [1.54, 1.807) is 24.3 Å². The zero-order chi connectivity index (χ0) is 14.7. The molecule has 1 unspecified atom stereocenters. The van der Waals surface area contributed by atoms with Gasteiger partial charge < -0.3 is 5.11 Å². The first-order chi connectivity index (χ1) is 10.2. The quantitative estimate of drug-likeness (QED) is 0.746. The summed E-state index contributed by atoms with van der Waals surface area (Å²) in [5.74, 6) is -0.273. The molecule has 0 aliphatic rings. The number of aliphatic hydroxyl groups is 1. The number of carbonyl (C=O) groups is 1. The number of Topliss-reactive ketones (excluding diaryl/α,β-unsaturated/α-hetero) is 1. The summed E-state index contributed by atoms with van der Waals surface area (Å²) < 4.78 is 0. The van der Waals surface area contributed by atoms with Crippen LogP contribution in [0, 0.1) is 0 Å². The van der Waals surface area contributed by atoms with E-state index in [2.05, 4.69) is 4.98 Å². The highest BCUT2D eigenvalue weighted by Gasteiger charge is 2.18. The highest BCUT2D eigenvalue weighted by molar-refractivity contribution is 5.99. The molecule has 0 saturated carbocycles. The molecule has 0 saturated heterocycles. The van der Waals surface area contributed by atoms with E-state index >= 15 is 0 Å². The number of carbonyl (C=O) groups excluding carboxylic acids is 1. The van der Waals surface area contributed by atoms with Crippen LogP contribution >= 0.6 is 0 Å². The van der Waals surface area contributed by atoms with E-state index in [9.17, 15) is 9.90 Å². The first-order valence-electron chi connectivity index (χ1n) is 6.86. The van der Waals surface area contributed by atoms with Crippen molar-refractivity contribution in [1.29, 1.82) is 0 Å². The molecule has 0 amide bonds. The molecular weight excluding hydrogens is 262 g/mol. The van der Waals surface area contributed by atoms with Crippen LogP contribution in [0.5, 0.6) is 0 Å². The molecule has 3 heteroatoms. The number of ketones is 1. The van der Waals surface area contributed by atoms with Crippen LogP contribution in [0.4, 0.5) is 0 Å². The Labute approximate surface area is 122 Å². The van der Waals surface area contributed by atoms with Gasteiger partial charge in [0.2, 0.25) is 0 Å². The van der Waals surface area contributed by atoms with Crippen molar-refractivity contribution in [2.24, 2.45) is 0 Å². The van der Waals surface area contributed by atoms with Crippen LogP contribution in [0.1, 0.15) is 16.1 Å². The van der Waals surface area contributed by atoms with E-state index < -0.39 is 6.10 Å². The Balaban J connectivity index is 1.80. The van der Waals surface area contributed by atoms with E-state index in [1.165, 1.54) is 0 Å². The van der Waals surface area contributed by atoms with Crippen LogP contribution in [0.15, 0.2) is 66.7 Å². The van der Waals surface area contributed by atoms with Crippen molar-refractivity contribution in [3.8, 4) is 0 Å². The first kappa shape index (κ1) is 13.5. The number of hydrogen-bond acceptors (Lipinski definition) is 3. The summed E-state index contributed by atoms with van der Waals surface area (Å²) in [5, 5.41) is 11.2. The Morgan fingerprint density at radius 3 is 2.48 bits per heavy atom. The second-order valence-corrected chi connectivity index (χ2v) is 4.95. The normalized spacial score (nSPS) is 12.2. The Hall–Kier alpha value is -2.52. The molecule has 3 aromatic rings. The number of pyridine rings is 1. The van der Waals surface area contributed by atoms with Gasteiger partial charge in [0.1, 0.15) is 6.10 Å². The number of aliphatic hydroxyl groups excluding tert-OH is 1. The van der Waals surface area contributed by atoms with Gasteiger partial charge in [-0.25, -0.2) is 0 Å². The zero-order valence-corrected chi connectivity index (χ0v) is 11.4. The van der Waals surface area contributed by atoms with E-state index in [0.717, 1.165) is 10.9 Å². The molecule has 0 bridgehead atoms. The van der Waals surface area contributed by atoms with Crippen molar-refractivity contribution >= 4 is 16.7 Å². The lowest BCUT2D eigenvalue weighted by Crippen LogP contribution is -2.23. The molecule has 0 aliphatic heterocycles. The van der Waals surface area contributed by atoms with Crippen molar-refractivity contribution in [2.45, 2.75) is 12.5 Å². The Bertz CT molecular complexity index is 768. The summed E-state index contributed by atoms with van der Waals surface area (Å²) in [4.78, 5) is 16.6. The maximum absolute atomic E-state index is 12.1. The number of para-hydroxylation sites is 1. The lowest BCUT2D eigenvalue weighted by Gasteiger charge is -2.10. The van der Waals surface area contributed by atoms with Crippen LogP contribution < -0.4 is 0 Å². The number of benzene rings is 2. The van der Waals surface area contributed by atoms with Gasteiger partial charge in [-0.2, -0.15) is 0 Å². The Morgan fingerprint density at radius 2 is 1.67 bits per heavy atom. The van der Waals surface area contributed by atoms with Gasteiger partial charge in [0.05, 0.1) is 5.52 Å². The zero-order valence-electron chi connectivity index (χ0n) is 11.4. The molecule has 104 valence electrons. The molecule has 1 heterocycles. The maximum Gasteiger partial charge on any atom is 0.191 e. The van der Waals surface area contributed by atoms with Gasteiger partial charge in [-0.1, -0.05) is 54.6 Å². The summed E-state index contributed by atoms with van der Waals surface area (Å²) in [6.45, 7) is 0. The van der Waals surface area contributed by atoms with Gasteiger partial charge in [-0.3, -0.25) is 9.78 Å². The largest absolute Gasteiger partial charge is 0.385 e. The lowest BCUT2D eigenvalue weighted by molar-refractivity contribution is 0.0746. The minimum Gasteiger partial charge on any atom is -0.385 e. The summed E-state index contributed by atoms with van der Waals surface area (Å²) >= 11 is 0. The molecule has 21 heavy (non-hydrogen) atoms. The number of aromatic nitrogens is 1. The van der Waals surface area contributed by atoms with Crippen molar-refractivity contribution in [3.63, 3.8) is 0 Å². The predicted molar refractivity (Wildman–Crippen MR) is 82.2 cm³/mol. The smallest absolute Gasteiger partial charge is 0.191 e. The lowest BCUT2D eigenvalue weighted by atomic mass is 10.0. The fourth-order valence-electron chi connectivity index (χ4n) is 2.31. The molecule has 1 atom stereocenters. The standard InChI is InChI=1S/C18H15NO2/c20-17(18(21)14-7-2-1-3-8-14)12-15-11-10-13-6-4-5-9-16(13)19-15/h1-11,17,20H,12H2. The summed E-state index contributed by atoms with van der Waals surface area (Å²) in [5.41, 5.74) is 2.10. The molecule has 0 aliphatic carbocycles. The predicted octanol–water partition coefficient (Wildman–Crippen LogP) is 3.02. The van der Waals surface area contributed by atoms with E-state index in [-0.39, 0.29) is 12.2 Å². The van der Waals surface area contributed by atoms with Gasteiger partial charge in [0, 0.05) is 23.1 Å². The summed E-state index contributed by atoms with van der Waals surface area (Å²) in [6, 6.07) is 20.4. The third-order valence-electron chi connectivity index (χ3n) is 3.42. The molecule has 0 fully saturated rings. The fraction of sp³-hybridized carbons (Fsp3) is 0.111. The number of hydrogen-bond donors (Lipinski definition) is 1. The van der Waals surface area contributed by atoms with Crippen molar-refractivity contribution in [2.75, 3.05) is 0 Å². The van der Waals surface area contributed by atoms with Crippen LogP contribution in [-0.2, 0) is 6.42 Å². The molecule has 1 N–H and O–H groups in total. The Morgan fingerprint density at radius 1 is 0.952 bits per heavy atom. The minimum atomic E-state index is -1.07. The van der Waals surface area contributed by atoms with E-state index in [0.29, 0.717) is 11.3 Å². The van der Waals surface area contributed by atoms with Gasteiger partial charge >= 0.3 is 0 Å². The molecular formula is C18H15NO2. The van der Waals surface area contributed by atoms with E-state index in [1.807, 2.05) is 42.5 Å². The third-order valence-corrected chi connectivity index (χ3v) is 3.42. The average Bonchev–Trinajstić information content (AvgIpc) is 2.55.